The maximum Gasteiger partial charge on any atom is 0.240 e. The van der Waals surface area contributed by atoms with Gasteiger partial charge in [-0.25, -0.2) is 13.1 Å². The van der Waals surface area contributed by atoms with Crippen molar-refractivity contribution < 1.29 is 32.2 Å². The smallest absolute Gasteiger partial charge is 0.240 e. The summed E-state index contributed by atoms with van der Waals surface area (Å²) in [4.78, 5) is 14.9. The minimum atomic E-state index is -3.80. The van der Waals surface area contributed by atoms with Gasteiger partial charge in [-0.05, 0) is 37.1 Å². The van der Waals surface area contributed by atoms with Crippen LogP contribution in [0.4, 0.5) is 0 Å². The molecule has 34 heavy (non-hydrogen) atoms. The number of sulfonamides is 1. The van der Waals surface area contributed by atoms with Crippen LogP contribution in [0, 0.1) is 0 Å². The zero-order valence-electron chi connectivity index (χ0n) is 19.4. The summed E-state index contributed by atoms with van der Waals surface area (Å²) >= 11 is 0. The minimum Gasteiger partial charge on any atom is -0.497 e. The van der Waals surface area contributed by atoms with E-state index in [9.17, 15) is 13.2 Å². The number of methoxy groups -OCH3 is 2. The third-order valence-electron chi connectivity index (χ3n) is 6.03. The number of carbonyl (C=O) groups is 1. The number of nitrogens with zero attached hydrogens (tertiary/aromatic N) is 1. The van der Waals surface area contributed by atoms with Gasteiger partial charge < -0.3 is 23.8 Å². The molecular weight excluding hydrogens is 460 g/mol. The van der Waals surface area contributed by atoms with E-state index in [1.165, 1.54) is 12.1 Å². The first-order valence-electron chi connectivity index (χ1n) is 11.3. The van der Waals surface area contributed by atoms with Gasteiger partial charge >= 0.3 is 0 Å². The van der Waals surface area contributed by atoms with Crippen molar-refractivity contribution in [3.05, 3.63) is 42.0 Å². The number of amides is 1. The van der Waals surface area contributed by atoms with Gasteiger partial charge in [-0.15, -0.1) is 0 Å². The predicted molar refractivity (Wildman–Crippen MR) is 125 cm³/mol. The van der Waals surface area contributed by atoms with E-state index in [2.05, 4.69) is 4.72 Å². The highest BCUT2D eigenvalue weighted by atomic mass is 32.2. The Kier molecular flexibility index (Phi) is 7.47. The van der Waals surface area contributed by atoms with Gasteiger partial charge in [-0.3, -0.25) is 4.79 Å². The van der Waals surface area contributed by atoms with Crippen LogP contribution in [-0.2, 0) is 14.8 Å². The lowest BCUT2D eigenvalue weighted by atomic mass is 10.0. The van der Waals surface area contributed by atoms with Crippen LogP contribution in [0.15, 0.2) is 41.3 Å². The second kappa shape index (κ2) is 10.5. The number of benzene rings is 2. The molecule has 2 aromatic carbocycles. The Morgan fingerprint density at radius 2 is 1.85 bits per heavy atom. The molecular formula is C24H30N2O7S. The number of hydrogen-bond acceptors (Lipinski definition) is 7. The predicted octanol–water partition coefficient (Wildman–Crippen LogP) is 2.90. The highest BCUT2D eigenvalue weighted by Gasteiger charge is 2.32. The van der Waals surface area contributed by atoms with Crippen LogP contribution in [0.2, 0.25) is 0 Å². The molecule has 9 nitrogen and oxygen atoms in total. The molecule has 1 unspecified atom stereocenters. The second-order valence-electron chi connectivity index (χ2n) is 8.16. The van der Waals surface area contributed by atoms with E-state index in [0.29, 0.717) is 42.8 Å². The van der Waals surface area contributed by atoms with Gasteiger partial charge in [-0.1, -0.05) is 0 Å². The topological polar surface area (TPSA) is 103 Å². The summed E-state index contributed by atoms with van der Waals surface area (Å²) in [5.74, 6) is 2.17. The Labute approximate surface area is 200 Å². The zero-order valence-corrected chi connectivity index (χ0v) is 20.2. The number of rotatable bonds is 8. The second-order valence-corrected chi connectivity index (χ2v) is 9.93. The van der Waals surface area contributed by atoms with Crippen LogP contribution in [0.3, 0.4) is 0 Å². The average Bonchev–Trinajstić information content (AvgIpc) is 3.21. The van der Waals surface area contributed by atoms with Crippen LogP contribution in [-0.4, -0.2) is 59.7 Å². The molecule has 0 bridgehead atoms. The molecule has 0 aromatic heterocycles. The van der Waals surface area contributed by atoms with E-state index in [4.69, 9.17) is 18.9 Å². The van der Waals surface area contributed by atoms with Gasteiger partial charge in [-0.2, -0.15) is 0 Å². The average molecular weight is 491 g/mol. The summed E-state index contributed by atoms with van der Waals surface area (Å²) in [6.07, 6.45) is 2.47. The third-order valence-corrected chi connectivity index (χ3v) is 7.49. The fourth-order valence-corrected chi connectivity index (χ4v) is 5.36. The Balaban J connectivity index is 1.39. The molecule has 184 valence electrons. The molecule has 1 fully saturated rings. The number of fused-ring (bicyclic) bond motifs is 1. The fourth-order valence-electron chi connectivity index (χ4n) is 4.31. The summed E-state index contributed by atoms with van der Waals surface area (Å²) in [6.45, 7) is 1.61. The van der Waals surface area contributed by atoms with E-state index < -0.39 is 10.0 Å². The lowest BCUT2D eigenvalue weighted by molar-refractivity contribution is -0.132. The molecule has 2 heterocycles. The summed E-state index contributed by atoms with van der Waals surface area (Å²) in [6, 6.07) is 9.98. The lowest BCUT2D eigenvalue weighted by Gasteiger charge is -2.26. The van der Waals surface area contributed by atoms with Gasteiger partial charge in [0.05, 0.1) is 38.4 Å². The summed E-state index contributed by atoms with van der Waals surface area (Å²) in [5, 5.41) is 0. The normalized spacial score (nSPS) is 17.8. The van der Waals surface area contributed by atoms with Crippen molar-refractivity contribution in [1.29, 1.82) is 0 Å². The third kappa shape index (κ3) is 5.23. The van der Waals surface area contributed by atoms with Crippen molar-refractivity contribution in [3.63, 3.8) is 0 Å². The number of nitrogens with one attached hydrogen (secondary N) is 1. The van der Waals surface area contributed by atoms with Gasteiger partial charge in [0.2, 0.25) is 15.9 Å². The molecule has 2 aliphatic heterocycles. The molecule has 10 heteroatoms. The van der Waals surface area contributed by atoms with Crippen molar-refractivity contribution >= 4 is 15.9 Å². The van der Waals surface area contributed by atoms with Crippen LogP contribution < -0.4 is 23.7 Å². The molecule has 0 saturated carbocycles. The maximum absolute atomic E-state index is 13.0. The van der Waals surface area contributed by atoms with Crippen molar-refractivity contribution in [2.45, 2.75) is 36.6 Å². The molecule has 0 aliphatic carbocycles. The molecule has 1 N–H and O–H groups in total. The first-order chi connectivity index (χ1) is 16.4. The summed E-state index contributed by atoms with van der Waals surface area (Å²) in [5.41, 5.74) is 0.918. The number of hydrogen-bond donors (Lipinski definition) is 1. The van der Waals surface area contributed by atoms with Crippen LogP contribution in [0.25, 0.3) is 0 Å². The maximum atomic E-state index is 13.0. The highest BCUT2D eigenvalue weighted by molar-refractivity contribution is 7.89. The van der Waals surface area contributed by atoms with E-state index in [1.807, 2.05) is 12.1 Å². The van der Waals surface area contributed by atoms with Gasteiger partial charge in [0.1, 0.15) is 11.5 Å². The van der Waals surface area contributed by atoms with Crippen molar-refractivity contribution in [3.8, 4) is 23.0 Å². The first kappa shape index (κ1) is 24.2. The molecule has 0 radical (unpaired) electrons. The number of likely N-dealkylation sites (tertiary alicyclic amines) is 1. The van der Waals surface area contributed by atoms with Gasteiger partial charge in [0.15, 0.2) is 11.5 Å². The summed E-state index contributed by atoms with van der Waals surface area (Å²) in [7, 11) is -0.618. The largest absolute Gasteiger partial charge is 0.497 e. The molecule has 2 aromatic rings. The van der Waals surface area contributed by atoms with E-state index in [-0.39, 0.29) is 29.8 Å². The number of ether oxygens (including phenoxy) is 4. The van der Waals surface area contributed by atoms with E-state index in [1.54, 1.807) is 31.3 Å². The van der Waals surface area contributed by atoms with Crippen molar-refractivity contribution in [2.24, 2.45) is 0 Å². The Morgan fingerprint density at radius 3 is 2.62 bits per heavy atom. The number of carbonyl (C=O) groups excluding carboxylic acids is 1. The van der Waals surface area contributed by atoms with Gasteiger partial charge in [0, 0.05) is 43.6 Å². The van der Waals surface area contributed by atoms with E-state index in [0.717, 1.165) is 24.8 Å². The van der Waals surface area contributed by atoms with Crippen LogP contribution in [0.1, 0.15) is 37.3 Å². The highest BCUT2D eigenvalue weighted by Crippen LogP contribution is 2.39. The first-order valence-corrected chi connectivity index (χ1v) is 12.8. The molecule has 1 atom stereocenters. The molecule has 1 amide bonds. The minimum absolute atomic E-state index is 0.00141. The Bertz CT molecular complexity index is 1140. The lowest BCUT2D eigenvalue weighted by Crippen LogP contribution is -2.34. The van der Waals surface area contributed by atoms with Crippen LogP contribution >= 0.6 is 0 Å². The van der Waals surface area contributed by atoms with Crippen molar-refractivity contribution in [1.82, 2.24) is 9.62 Å². The Hall–Kier alpha value is -2.98. The molecule has 4 rings (SSSR count). The Morgan fingerprint density at radius 1 is 1.06 bits per heavy atom. The summed E-state index contributed by atoms with van der Waals surface area (Å²) < 4.78 is 50.0. The van der Waals surface area contributed by atoms with Crippen molar-refractivity contribution in [2.75, 3.05) is 40.5 Å². The van der Waals surface area contributed by atoms with E-state index >= 15 is 0 Å². The van der Waals surface area contributed by atoms with Crippen LogP contribution in [0.5, 0.6) is 23.0 Å². The standard InChI is InChI=1S/C24H30N2O7S/c1-30-17-6-8-19(22(15-17)31-2)20-5-3-12-26(20)24(27)10-11-25-34(28,29)18-7-9-21-23(16-18)33-14-4-13-32-21/h6-9,15-16,20,25H,3-5,10-14H2,1-2H3. The zero-order chi connectivity index (χ0) is 24.1. The molecule has 1 saturated heterocycles. The monoisotopic (exact) mass is 490 g/mol. The fraction of sp³-hybridized carbons (Fsp3) is 0.458. The SMILES string of the molecule is COc1ccc(C2CCCN2C(=O)CCNS(=O)(=O)c2ccc3c(c2)OCCCO3)c(OC)c1. The molecule has 0 spiro atoms. The molecule has 2 aliphatic rings. The quantitative estimate of drug-likeness (QED) is 0.607. The van der Waals surface area contributed by atoms with Gasteiger partial charge in [0.25, 0.3) is 0 Å².